The molecular weight excluding hydrogens is 310 g/mol. The number of benzene rings is 1. The second-order valence-corrected chi connectivity index (χ2v) is 7.37. The van der Waals surface area contributed by atoms with E-state index in [9.17, 15) is 4.79 Å². The Morgan fingerprint density at radius 2 is 1.92 bits per heavy atom. The first-order valence-corrected chi connectivity index (χ1v) is 9.22. The number of amides is 2. The lowest BCUT2D eigenvalue weighted by molar-refractivity contribution is 0.173. The molecule has 0 bridgehead atoms. The quantitative estimate of drug-likeness (QED) is 0.865. The lowest BCUT2D eigenvalue weighted by Gasteiger charge is -2.30. The standard InChI is InChI=1S/C21H25N3O/c1-16(19-9-5-6-14-22-19)24(18-10-11-18)20(25)23-15-21(12-13-21)17-7-3-2-4-8-17/h2-9,14,16,18H,10-13,15H2,1H3,(H,23,25). The number of carbonyl (C=O) groups is 1. The third-order valence-electron chi connectivity index (χ3n) is 5.53. The van der Waals surface area contributed by atoms with E-state index in [-0.39, 0.29) is 17.5 Å². The van der Waals surface area contributed by atoms with Crippen LogP contribution >= 0.6 is 0 Å². The SMILES string of the molecule is CC(c1ccccn1)N(C(=O)NCC1(c2ccccc2)CC1)C1CC1. The Morgan fingerprint density at radius 1 is 1.20 bits per heavy atom. The normalized spacial score (nSPS) is 19.1. The van der Waals surface area contributed by atoms with Gasteiger partial charge in [0.15, 0.2) is 0 Å². The van der Waals surface area contributed by atoms with Crippen LogP contribution in [0.25, 0.3) is 0 Å². The van der Waals surface area contributed by atoms with Crippen LogP contribution in [-0.2, 0) is 5.41 Å². The molecule has 2 amide bonds. The summed E-state index contributed by atoms with van der Waals surface area (Å²) in [5, 5.41) is 3.22. The number of nitrogens with zero attached hydrogens (tertiary/aromatic N) is 2. The Balaban J connectivity index is 1.44. The Morgan fingerprint density at radius 3 is 2.52 bits per heavy atom. The molecule has 2 aromatic rings. The number of hydrogen-bond acceptors (Lipinski definition) is 2. The highest BCUT2D eigenvalue weighted by atomic mass is 16.2. The highest BCUT2D eigenvalue weighted by Gasteiger charge is 2.45. The summed E-state index contributed by atoms with van der Waals surface area (Å²) in [6, 6.07) is 16.8. The van der Waals surface area contributed by atoms with E-state index in [0.29, 0.717) is 12.6 Å². The van der Waals surface area contributed by atoms with Crippen LogP contribution in [0.2, 0.25) is 0 Å². The molecule has 1 heterocycles. The van der Waals surface area contributed by atoms with E-state index in [1.54, 1.807) is 6.20 Å². The second-order valence-electron chi connectivity index (χ2n) is 7.37. The van der Waals surface area contributed by atoms with Gasteiger partial charge in [0.2, 0.25) is 0 Å². The minimum atomic E-state index is 0.000536. The fourth-order valence-electron chi connectivity index (χ4n) is 3.62. The van der Waals surface area contributed by atoms with Crippen molar-refractivity contribution in [1.82, 2.24) is 15.2 Å². The van der Waals surface area contributed by atoms with Crippen molar-refractivity contribution < 1.29 is 4.79 Å². The molecule has 0 saturated heterocycles. The molecule has 1 N–H and O–H groups in total. The Bertz CT molecular complexity index is 723. The molecular formula is C21H25N3O. The van der Waals surface area contributed by atoms with Crippen LogP contribution in [0.3, 0.4) is 0 Å². The summed E-state index contributed by atoms with van der Waals surface area (Å²) in [6.45, 7) is 2.79. The molecule has 2 aliphatic carbocycles. The summed E-state index contributed by atoms with van der Waals surface area (Å²) in [5.41, 5.74) is 2.43. The minimum absolute atomic E-state index is 0.000536. The number of nitrogens with one attached hydrogen (secondary N) is 1. The number of urea groups is 1. The summed E-state index contributed by atoms with van der Waals surface area (Å²) in [4.78, 5) is 19.4. The highest BCUT2D eigenvalue weighted by molar-refractivity contribution is 5.75. The maximum Gasteiger partial charge on any atom is 0.318 e. The zero-order chi connectivity index (χ0) is 17.3. The van der Waals surface area contributed by atoms with Gasteiger partial charge in [-0.25, -0.2) is 4.79 Å². The van der Waals surface area contributed by atoms with Crippen molar-refractivity contribution in [3.63, 3.8) is 0 Å². The van der Waals surface area contributed by atoms with Crippen molar-refractivity contribution >= 4 is 6.03 Å². The van der Waals surface area contributed by atoms with Gasteiger partial charge in [-0.3, -0.25) is 4.98 Å². The fourth-order valence-corrected chi connectivity index (χ4v) is 3.62. The van der Waals surface area contributed by atoms with E-state index in [4.69, 9.17) is 0 Å². The molecule has 2 saturated carbocycles. The van der Waals surface area contributed by atoms with Gasteiger partial charge in [-0.2, -0.15) is 0 Å². The van der Waals surface area contributed by atoms with Crippen LogP contribution in [0.4, 0.5) is 4.79 Å². The van der Waals surface area contributed by atoms with Gasteiger partial charge in [-0.05, 0) is 50.3 Å². The Labute approximate surface area is 149 Å². The smallest absolute Gasteiger partial charge is 0.318 e. The van der Waals surface area contributed by atoms with Crippen molar-refractivity contribution in [3.8, 4) is 0 Å². The molecule has 0 aliphatic heterocycles. The van der Waals surface area contributed by atoms with Crippen LogP contribution in [-0.4, -0.2) is 28.5 Å². The largest absolute Gasteiger partial charge is 0.337 e. The number of rotatable bonds is 6. The molecule has 1 aromatic carbocycles. The second kappa shape index (κ2) is 6.51. The summed E-state index contributed by atoms with van der Waals surface area (Å²) in [6.07, 6.45) is 6.28. The van der Waals surface area contributed by atoms with Crippen molar-refractivity contribution in [2.24, 2.45) is 0 Å². The molecule has 1 atom stereocenters. The predicted octanol–water partition coefficient (Wildman–Crippen LogP) is 4.05. The third kappa shape index (κ3) is 3.39. The molecule has 2 aliphatic rings. The van der Waals surface area contributed by atoms with Gasteiger partial charge in [0.05, 0.1) is 11.7 Å². The van der Waals surface area contributed by atoms with Gasteiger partial charge in [0.1, 0.15) is 0 Å². The van der Waals surface area contributed by atoms with Crippen molar-refractivity contribution in [2.75, 3.05) is 6.54 Å². The third-order valence-corrected chi connectivity index (χ3v) is 5.53. The fraction of sp³-hybridized carbons (Fsp3) is 0.429. The number of pyridine rings is 1. The van der Waals surface area contributed by atoms with Gasteiger partial charge in [0, 0.05) is 24.2 Å². The van der Waals surface area contributed by atoms with Gasteiger partial charge in [-0.15, -0.1) is 0 Å². The average Bonchev–Trinajstić information content (AvgIpc) is 3.57. The number of carbonyl (C=O) groups excluding carboxylic acids is 1. The van der Waals surface area contributed by atoms with E-state index in [0.717, 1.165) is 31.4 Å². The minimum Gasteiger partial charge on any atom is -0.337 e. The first kappa shape index (κ1) is 16.1. The average molecular weight is 335 g/mol. The van der Waals surface area contributed by atoms with E-state index < -0.39 is 0 Å². The molecule has 2 fully saturated rings. The zero-order valence-electron chi connectivity index (χ0n) is 14.7. The first-order chi connectivity index (χ1) is 12.2. The van der Waals surface area contributed by atoms with Crippen LogP contribution in [0.5, 0.6) is 0 Å². The molecule has 0 spiro atoms. The molecule has 1 aromatic heterocycles. The van der Waals surface area contributed by atoms with E-state index in [1.807, 2.05) is 29.2 Å². The zero-order valence-corrected chi connectivity index (χ0v) is 14.7. The maximum atomic E-state index is 12.9. The van der Waals surface area contributed by atoms with Crippen LogP contribution in [0.1, 0.15) is 49.9 Å². The van der Waals surface area contributed by atoms with Gasteiger partial charge in [0.25, 0.3) is 0 Å². The molecule has 0 radical (unpaired) electrons. The van der Waals surface area contributed by atoms with Gasteiger partial charge < -0.3 is 10.2 Å². The monoisotopic (exact) mass is 335 g/mol. The first-order valence-electron chi connectivity index (χ1n) is 9.22. The molecule has 25 heavy (non-hydrogen) atoms. The maximum absolute atomic E-state index is 12.9. The summed E-state index contributed by atoms with van der Waals surface area (Å²) < 4.78 is 0. The van der Waals surface area contributed by atoms with Crippen LogP contribution < -0.4 is 5.32 Å². The molecule has 4 rings (SSSR count). The molecule has 1 unspecified atom stereocenters. The number of hydrogen-bond donors (Lipinski definition) is 1. The highest BCUT2D eigenvalue weighted by Crippen LogP contribution is 2.47. The van der Waals surface area contributed by atoms with E-state index in [2.05, 4.69) is 41.5 Å². The number of aromatic nitrogens is 1. The molecule has 130 valence electrons. The topological polar surface area (TPSA) is 45.2 Å². The summed E-state index contributed by atoms with van der Waals surface area (Å²) in [7, 11) is 0. The molecule has 4 heteroatoms. The van der Waals surface area contributed by atoms with Crippen molar-refractivity contribution in [1.29, 1.82) is 0 Å². The van der Waals surface area contributed by atoms with E-state index in [1.165, 1.54) is 5.56 Å². The Hall–Kier alpha value is -2.36. The van der Waals surface area contributed by atoms with Gasteiger partial charge >= 0.3 is 6.03 Å². The van der Waals surface area contributed by atoms with Crippen molar-refractivity contribution in [3.05, 3.63) is 66.0 Å². The van der Waals surface area contributed by atoms with E-state index >= 15 is 0 Å². The van der Waals surface area contributed by atoms with Crippen molar-refractivity contribution in [2.45, 2.75) is 50.1 Å². The van der Waals surface area contributed by atoms with Gasteiger partial charge in [-0.1, -0.05) is 36.4 Å². The summed E-state index contributed by atoms with van der Waals surface area (Å²) >= 11 is 0. The van der Waals surface area contributed by atoms with Crippen LogP contribution in [0.15, 0.2) is 54.7 Å². The molecule has 4 nitrogen and oxygen atoms in total. The Kier molecular flexibility index (Phi) is 4.20. The van der Waals surface area contributed by atoms with Crippen LogP contribution in [0, 0.1) is 0 Å². The lowest BCUT2D eigenvalue weighted by atomic mass is 9.96. The summed E-state index contributed by atoms with van der Waals surface area (Å²) in [5.74, 6) is 0. The predicted molar refractivity (Wildman–Crippen MR) is 98.3 cm³/mol. The lowest BCUT2D eigenvalue weighted by Crippen LogP contribution is -2.45.